The highest BCUT2D eigenvalue weighted by molar-refractivity contribution is 6.36. The molecule has 0 bridgehead atoms. The Kier molecular flexibility index (Phi) is 6.47. The third-order valence-corrected chi connectivity index (χ3v) is 5.88. The third-order valence-electron chi connectivity index (χ3n) is 5.60. The third kappa shape index (κ3) is 4.64. The molecule has 0 aliphatic carbocycles. The molecule has 2 aromatic carbocycles. The van der Waals surface area contributed by atoms with Gasteiger partial charge in [-0.1, -0.05) is 17.7 Å². The van der Waals surface area contributed by atoms with E-state index in [4.69, 9.17) is 11.6 Å². The smallest absolute Gasteiger partial charge is 0.249 e. The average Bonchev–Trinajstić information content (AvgIpc) is 3.45. The van der Waals surface area contributed by atoms with Crippen LogP contribution in [0.25, 0.3) is 10.9 Å². The molecule has 0 aliphatic heterocycles. The number of nitrogens with zero attached hydrogens (tertiary/aromatic N) is 6. The Hall–Kier alpha value is -5.20. The summed E-state index contributed by atoms with van der Waals surface area (Å²) in [6.45, 7) is 0. The number of pyridine rings is 2. The molecule has 3 N–H and O–H groups in total. The van der Waals surface area contributed by atoms with E-state index in [1.54, 1.807) is 12.1 Å². The van der Waals surface area contributed by atoms with Gasteiger partial charge in [0.25, 0.3) is 0 Å². The number of anilines is 3. The molecule has 1 atom stereocenters. The van der Waals surface area contributed by atoms with Crippen molar-refractivity contribution in [2.45, 2.75) is 6.04 Å². The second-order valence-corrected chi connectivity index (χ2v) is 8.37. The number of fused-ring (bicyclic) bond motifs is 1. The summed E-state index contributed by atoms with van der Waals surface area (Å²) in [5.41, 5.74) is 2.03. The SMILES string of the molecule is N#Cc1cc(C(Nc2cc(Cl)c3ncc(C#N)c(Nc4cnc(F)c(F)c4)c3c2)c2cn[nH]n2)ccc1F. The van der Waals surface area contributed by atoms with Crippen LogP contribution in [0.2, 0.25) is 5.02 Å². The molecule has 5 rings (SSSR count). The zero-order chi connectivity index (χ0) is 26.8. The summed E-state index contributed by atoms with van der Waals surface area (Å²) in [7, 11) is 0. The molecule has 5 aromatic rings. The lowest BCUT2D eigenvalue weighted by Crippen LogP contribution is -2.13. The van der Waals surface area contributed by atoms with Crippen LogP contribution in [-0.4, -0.2) is 25.4 Å². The Labute approximate surface area is 217 Å². The number of rotatable bonds is 6. The van der Waals surface area contributed by atoms with E-state index < -0.39 is 23.6 Å². The van der Waals surface area contributed by atoms with Gasteiger partial charge in [-0.15, -0.1) is 0 Å². The molecule has 186 valence electrons. The number of hydrogen-bond donors (Lipinski definition) is 3. The topological polar surface area (TPSA) is 139 Å². The molecule has 3 heterocycles. The molecule has 1 unspecified atom stereocenters. The molecule has 0 spiro atoms. The van der Waals surface area contributed by atoms with Gasteiger partial charge in [-0.3, -0.25) is 4.98 Å². The summed E-state index contributed by atoms with van der Waals surface area (Å²) in [6, 6.07) is 11.4. The maximum atomic E-state index is 14.0. The Morgan fingerprint density at radius 1 is 0.895 bits per heavy atom. The number of hydrogen-bond acceptors (Lipinski definition) is 8. The lowest BCUT2D eigenvalue weighted by atomic mass is 10.0. The van der Waals surface area contributed by atoms with Gasteiger partial charge in [-0.2, -0.15) is 30.3 Å². The number of aromatic amines is 1. The Morgan fingerprint density at radius 3 is 2.42 bits per heavy atom. The minimum atomic E-state index is -1.26. The Balaban J connectivity index is 1.62. The van der Waals surface area contributed by atoms with E-state index in [0.29, 0.717) is 27.8 Å². The average molecular weight is 532 g/mol. The standard InChI is InChI=1S/C25H13ClF3N9/c26-18-5-15(35-23(21-11-34-38-37-21)12-1-2-19(27)13(3-12)7-30)4-17-22(14(8-31)9-32-24(17)18)36-16-6-20(28)25(29)33-10-16/h1-6,9-11,23,35H,(H,32,36)(H,34,37,38). The molecule has 0 fully saturated rings. The van der Waals surface area contributed by atoms with Gasteiger partial charge in [-0.25, -0.2) is 13.8 Å². The van der Waals surface area contributed by atoms with Crippen LogP contribution in [0.1, 0.15) is 28.4 Å². The zero-order valence-electron chi connectivity index (χ0n) is 19.0. The van der Waals surface area contributed by atoms with Crippen LogP contribution in [0.3, 0.4) is 0 Å². The van der Waals surface area contributed by atoms with Crippen LogP contribution >= 0.6 is 11.6 Å². The highest BCUT2D eigenvalue weighted by Crippen LogP contribution is 2.36. The number of H-pyrrole nitrogens is 1. The Bertz CT molecular complexity index is 1760. The molecule has 9 nitrogen and oxygen atoms in total. The molecule has 0 aliphatic rings. The first-order valence-electron chi connectivity index (χ1n) is 10.8. The van der Waals surface area contributed by atoms with Crippen molar-refractivity contribution in [2.24, 2.45) is 0 Å². The van der Waals surface area contributed by atoms with E-state index in [1.165, 1.54) is 30.6 Å². The van der Waals surface area contributed by atoms with Crippen molar-refractivity contribution >= 4 is 39.6 Å². The number of halogens is 4. The van der Waals surface area contributed by atoms with Crippen molar-refractivity contribution in [1.29, 1.82) is 10.5 Å². The van der Waals surface area contributed by atoms with Gasteiger partial charge in [0, 0.05) is 23.3 Å². The molecule has 0 radical (unpaired) electrons. The largest absolute Gasteiger partial charge is 0.373 e. The number of nitrogens with one attached hydrogen (secondary N) is 3. The minimum absolute atomic E-state index is 0.0956. The second-order valence-electron chi connectivity index (χ2n) is 7.96. The monoisotopic (exact) mass is 531 g/mol. The van der Waals surface area contributed by atoms with Gasteiger partial charge in [-0.05, 0) is 29.8 Å². The van der Waals surface area contributed by atoms with Gasteiger partial charge in [0.2, 0.25) is 5.95 Å². The van der Waals surface area contributed by atoms with Gasteiger partial charge < -0.3 is 10.6 Å². The summed E-state index contributed by atoms with van der Waals surface area (Å²) >= 11 is 6.54. The second kappa shape index (κ2) is 10.0. The zero-order valence-corrected chi connectivity index (χ0v) is 19.7. The minimum Gasteiger partial charge on any atom is -0.373 e. The van der Waals surface area contributed by atoms with E-state index in [9.17, 15) is 23.7 Å². The first kappa shape index (κ1) is 24.5. The van der Waals surface area contributed by atoms with Crippen molar-refractivity contribution in [1.82, 2.24) is 25.4 Å². The molecular weight excluding hydrogens is 519 g/mol. The van der Waals surface area contributed by atoms with E-state index in [2.05, 4.69) is 36.0 Å². The summed E-state index contributed by atoms with van der Waals surface area (Å²) in [4.78, 5) is 7.63. The number of nitriles is 2. The van der Waals surface area contributed by atoms with Crippen molar-refractivity contribution in [3.63, 3.8) is 0 Å². The van der Waals surface area contributed by atoms with Crippen LogP contribution in [-0.2, 0) is 0 Å². The highest BCUT2D eigenvalue weighted by Gasteiger charge is 2.21. The summed E-state index contributed by atoms with van der Waals surface area (Å²) in [6.07, 6.45) is 3.85. The summed E-state index contributed by atoms with van der Waals surface area (Å²) in [5, 5.41) is 36.2. The first-order valence-corrected chi connectivity index (χ1v) is 11.2. The van der Waals surface area contributed by atoms with Crippen LogP contribution < -0.4 is 10.6 Å². The van der Waals surface area contributed by atoms with Crippen molar-refractivity contribution in [2.75, 3.05) is 10.6 Å². The highest BCUT2D eigenvalue weighted by atomic mass is 35.5. The van der Waals surface area contributed by atoms with Crippen molar-refractivity contribution < 1.29 is 13.2 Å². The van der Waals surface area contributed by atoms with Crippen molar-refractivity contribution in [3.8, 4) is 12.1 Å². The van der Waals surface area contributed by atoms with Gasteiger partial charge in [0.1, 0.15) is 23.6 Å². The maximum Gasteiger partial charge on any atom is 0.249 e. The van der Waals surface area contributed by atoms with Gasteiger partial charge in [0.05, 0.1) is 51.5 Å². The predicted molar refractivity (Wildman–Crippen MR) is 132 cm³/mol. The Morgan fingerprint density at radius 2 is 1.71 bits per heavy atom. The maximum absolute atomic E-state index is 14.0. The summed E-state index contributed by atoms with van der Waals surface area (Å²) in [5.74, 6) is -3.09. The van der Waals surface area contributed by atoms with E-state index in [0.717, 1.165) is 12.3 Å². The van der Waals surface area contributed by atoms with Gasteiger partial charge in [0.15, 0.2) is 5.82 Å². The molecule has 0 saturated heterocycles. The first-order chi connectivity index (χ1) is 18.4. The molecule has 0 amide bonds. The van der Waals surface area contributed by atoms with Crippen LogP contribution in [0, 0.1) is 40.2 Å². The molecule has 3 aromatic heterocycles. The number of benzene rings is 2. The van der Waals surface area contributed by atoms with Crippen LogP contribution in [0.5, 0.6) is 0 Å². The fraction of sp³-hybridized carbons (Fsp3) is 0.0400. The quantitative estimate of drug-likeness (QED) is 0.244. The lowest BCUT2D eigenvalue weighted by molar-refractivity contribution is 0.480. The number of aromatic nitrogens is 5. The molecule has 0 saturated carbocycles. The predicted octanol–water partition coefficient (Wildman–Crippen LogP) is 5.51. The fourth-order valence-electron chi connectivity index (χ4n) is 3.85. The molecule has 13 heteroatoms. The van der Waals surface area contributed by atoms with E-state index >= 15 is 0 Å². The normalized spacial score (nSPS) is 11.5. The molecular formula is C25H13ClF3N9. The lowest BCUT2D eigenvalue weighted by Gasteiger charge is -2.20. The van der Waals surface area contributed by atoms with E-state index in [-0.39, 0.29) is 27.5 Å². The summed E-state index contributed by atoms with van der Waals surface area (Å²) < 4.78 is 41.1. The van der Waals surface area contributed by atoms with Crippen LogP contribution in [0.4, 0.5) is 30.2 Å². The fourth-order valence-corrected chi connectivity index (χ4v) is 4.12. The van der Waals surface area contributed by atoms with Crippen LogP contribution in [0.15, 0.2) is 55.0 Å². The van der Waals surface area contributed by atoms with Crippen molar-refractivity contribution in [3.05, 3.63) is 100.0 Å². The molecule has 38 heavy (non-hydrogen) atoms. The van der Waals surface area contributed by atoms with E-state index in [1.807, 2.05) is 12.1 Å². The van der Waals surface area contributed by atoms with Gasteiger partial charge >= 0.3 is 0 Å².